The number of hydrogen-bond acceptors (Lipinski definition) is 6. The average molecular weight is 328 g/mol. The van der Waals surface area contributed by atoms with Crippen molar-refractivity contribution >= 4 is 23.1 Å². The van der Waals surface area contributed by atoms with E-state index in [1.165, 1.54) is 43.3 Å². The van der Waals surface area contributed by atoms with Crippen LogP contribution in [0.15, 0.2) is 36.4 Å². The van der Waals surface area contributed by atoms with E-state index in [9.17, 15) is 19.7 Å². The van der Waals surface area contributed by atoms with E-state index in [2.05, 4.69) is 5.32 Å². The highest BCUT2D eigenvalue weighted by molar-refractivity contribution is 6.09. The number of nitrogens with zero attached hydrogens (tertiary/aromatic N) is 1. The van der Waals surface area contributed by atoms with Gasteiger partial charge < -0.3 is 14.8 Å². The number of hydrogen-bond donors (Lipinski definition) is 1. The molecular weight excluding hydrogens is 316 g/mol. The third kappa shape index (κ3) is 2.89. The summed E-state index contributed by atoms with van der Waals surface area (Å²) in [5.74, 6) is 0.131. The molecule has 1 aliphatic heterocycles. The Labute approximate surface area is 136 Å². The second-order valence-corrected chi connectivity index (χ2v) is 5.07. The van der Waals surface area contributed by atoms with Crippen molar-refractivity contribution in [1.82, 2.24) is 0 Å². The fourth-order valence-electron chi connectivity index (χ4n) is 2.27. The van der Waals surface area contributed by atoms with E-state index in [4.69, 9.17) is 9.47 Å². The number of benzene rings is 2. The molecule has 0 unspecified atom stereocenters. The van der Waals surface area contributed by atoms with Crippen LogP contribution in [-0.2, 0) is 0 Å². The Balaban J connectivity index is 1.88. The first-order chi connectivity index (χ1) is 11.5. The quantitative estimate of drug-likeness (QED) is 0.525. The van der Waals surface area contributed by atoms with Crippen LogP contribution < -0.4 is 14.8 Å². The third-order valence-electron chi connectivity index (χ3n) is 3.48. The monoisotopic (exact) mass is 328 g/mol. The molecule has 1 aliphatic rings. The fraction of sp³-hybridized carbons (Fsp3) is 0.125. The van der Waals surface area contributed by atoms with Crippen molar-refractivity contribution in [3.8, 4) is 11.5 Å². The van der Waals surface area contributed by atoms with E-state index in [1.807, 2.05) is 0 Å². The van der Waals surface area contributed by atoms with Gasteiger partial charge in [-0.2, -0.15) is 0 Å². The first-order valence-corrected chi connectivity index (χ1v) is 6.96. The first-order valence-electron chi connectivity index (χ1n) is 6.96. The maximum Gasteiger partial charge on any atom is 0.269 e. The Morgan fingerprint density at radius 2 is 1.75 bits per heavy atom. The molecule has 0 aliphatic carbocycles. The van der Waals surface area contributed by atoms with Crippen molar-refractivity contribution < 1.29 is 24.0 Å². The molecule has 2 aromatic rings. The molecule has 122 valence electrons. The van der Waals surface area contributed by atoms with Gasteiger partial charge in [-0.25, -0.2) is 0 Å². The summed E-state index contributed by atoms with van der Waals surface area (Å²) in [6, 6.07) is 8.18. The number of amides is 1. The summed E-state index contributed by atoms with van der Waals surface area (Å²) in [5.41, 5.74) is 0.691. The van der Waals surface area contributed by atoms with Crippen LogP contribution in [0.4, 0.5) is 11.4 Å². The van der Waals surface area contributed by atoms with E-state index in [1.54, 1.807) is 0 Å². The molecule has 8 nitrogen and oxygen atoms in total. The number of non-ortho nitro benzene ring substituents is 1. The highest BCUT2D eigenvalue weighted by Crippen LogP contribution is 2.37. The lowest BCUT2D eigenvalue weighted by atomic mass is 10.1. The molecule has 1 N–H and O–H groups in total. The van der Waals surface area contributed by atoms with Gasteiger partial charge in [0.05, 0.1) is 10.6 Å². The van der Waals surface area contributed by atoms with Gasteiger partial charge in [-0.1, -0.05) is 0 Å². The van der Waals surface area contributed by atoms with Gasteiger partial charge in [0, 0.05) is 29.3 Å². The number of anilines is 1. The zero-order valence-corrected chi connectivity index (χ0v) is 12.6. The van der Waals surface area contributed by atoms with Crippen molar-refractivity contribution in [2.75, 3.05) is 12.1 Å². The van der Waals surface area contributed by atoms with Gasteiger partial charge in [0.25, 0.3) is 11.6 Å². The molecule has 0 radical (unpaired) electrons. The van der Waals surface area contributed by atoms with Gasteiger partial charge in [-0.15, -0.1) is 0 Å². The second-order valence-electron chi connectivity index (χ2n) is 5.07. The molecule has 0 saturated carbocycles. The van der Waals surface area contributed by atoms with Crippen LogP contribution in [0.3, 0.4) is 0 Å². The highest BCUT2D eigenvalue weighted by Gasteiger charge is 2.21. The fourth-order valence-corrected chi connectivity index (χ4v) is 2.27. The number of ether oxygens (including phenoxy) is 2. The summed E-state index contributed by atoms with van der Waals surface area (Å²) in [6.07, 6.45) is 0. The third-order valence-corrected chi connectivity index (χ3v) is 3.48. The van der Waals surface area contributed by atoms with Crippen LogP contribution >= 0.6 is 0 Å². The number of nitrogens with one attached hydrogen (secondary N) is 1. The molecule has 0 bridgehead atoms. The van der Waals surface area contributed by atoms with E-state index in [-0.39, 0.29) is 35.1 Å². The van der Waals surface area contributed by atoms with Crippen LogP contribution in [0.5, 0.6) is 11.5 Å². The lowest BCUT2D eigenvalue weighted by Gasteiger charge is -2.10. The van der Waals surface area contributed by atoms with Crippen molar-refractivity contribution in [2.24, 2.45) is 0 Å². The normalized spacial score (nSPS) is 11.9. The number of fused-ring (bicyclic) bond motifs is 1. The molecule has 1 heterocycles. The predicted molar refractivity (Wildman–Crippen MR) is 83.6 cm³/mol. The van der Waals surface area contributed by atoms with Crippen molar-refractivity contribution in [2.45, 2.75) is 6.92 Å². The van der Waals surface area contributed by atoms with Gasteiger partial charge in [0.1, 0.15) is 0 Å². The zero-order valence-electron chi connectivity index (χ0n) is 12.6. The first kappa shape index (κ1) is 15.5. The summed E-state index contributed by atoms with van der Waals surface area (Å²) in [6.45, 7) is 1.42. The van der Waals surface area contributed by atoms with Gasteiger partial charge in [-0.05, 0) is 25.1 Å². The van der Waals surface area contributed by atoms with Gasteiger partial charge in [-0.3, -0.25) is 19.7 Å². The number of carbonyl (C=O) groups is 2. The minimum Gasteiger partial charge on any atom is -0.454 e. The molecule has 3 rings (SSSR count). The van der Waals surface area contributed by atoms with E-state index in [0.29, 0.717) is 11.5 Å². The SMILES string of the molecule is CC(=O)c1cc2c(cc1NC(=O)c1ccc([N+](=O)[O-])cc1)OCO2. The Hall–Kier alpha value is -3.42. The van der Waals surface area contributed by atoms with Crippen LogP contribution in [-0.4, -0.2) is 23.4 Å². The standard InChI is InChI=1S/C16H12N2O6/c1-9(19)12-6-14-15(24-8-23-14)7-13(12)17-16(20)10-2-4-11(5-3-10)18(21)22/h2-7H,8H2,1H3,(H,17,20). The van der Waals surface area contributed by atoms with Gasteiger partial charge in [0.15, 0.2) is 17.3 Å². The summed E-state index contributed by atoms with van der Waals surface area (Å²) < 4.78 is 10.5. The van der Waals surface area contributed by atoms with E-state index in [0.717, 1.165) is 0 Å². The molecule has 8 heteroatoms. The number of carbonyl (C=O) groups excluding carboxylic acids is 2. The molecule has 0 fully saturated rings. The summed E-state index contributed by atoms with van der Waals surface area (Å²) in [7, 11) is 0. The summed E-state index contributed by atoms with van der Waals surface area (Å²) >= 11 is 0. The van der Waals surface area contributed by atoms with E-state index >= 15 is 0 Å². The summed E-state index contributed by atoms with van der Waals surface area (Å²) in [4.78, 5) is 34.2. The largest absolute Gasteiger partial charge is 0.454 e. The second kappa shape index (κ2) is 5.99. The smallest absolute Gasteiger partial charge is 0.269 e. The highest BCUT2D eigenvalue weighted by atomic mass is 16.7. The number of ketones is 1. The van der Waals surface area contributed by atoms with Crippen molar-refractivity contribution in [1.29, 1.82) is 0 Å². The van der Waals surface area contributed by atoms with Crippen LogP contribution in [0.25, 0.3) is 0 Å². The molecule has 1 amide bonds. The minimum atomic E-state index is -0.548. The molecule has 0 spiro atoms. The number of rotatable bonds is 4. The lowest BCUT2D eigenvalue weighted by molar-refractivity contribution is -0.384. The zero-order chi connectivity index (χ0) is 17.3. The molecule has 0 atom stereocenters. The maximum atomic E-state index is 12.3. The Bertz CT molecular complexity index is 844. The number of nitro benzene ring substituents is 1. The topological polar surface area (TPSA) is 108 Å². The molecular formula is C16H12N2O6. The van der Waals surface area contributed by atoms with Crippen molar-refractivity contribution in [3.63, 3.8) is 0 Å². The van der Waals surface area contributed by atoms with E-state index < -0.39 is 10.8 Å². The lowest BCUT2D eigenvalue weighted by Crippen LogP contribution is -2.14. The Kier molecular flexibility index (Phi) is 3.87. The molecule has 0 aromatic heterocycles. The molecule has 0 saturated heterocycles. The molecule has 2 aromatic carbocycles. The minimum absolute atomic E-state index is 0.0480. The Morgan fingerprint density at radius 1 is 1.12 bits per heavy atom. The number of Topliss-reactive ketones (excluding diaryl/α,β-unsaturated/α-hetero) is 1. The van der Waals surface area contributed by atoms with Gasteiger partial charge in [0.2, 0.25) is 6.79 Å². The van der Waals surface area contributed by atoms with Crippen LogP contribution in [0, 0.1) is 10.1 Å². The van der Waals surface area contributed by atoms with Crippen LogP contribution in [0.2, 0.25) is 0 Å². The Morgan fingerprint density at radius 3 is 2.33 bits per heavy atom. The average Bonchev–Trinajstić information content (AvgIpc) is 3.01. The van der Waals surface area contributed by atoms with Gasteiger partial charge >= 0.3 is 0 Å². The molecule has 24 heavy (non-hydrogen) atoms. The number of nitro groups is 1. The summed E-state index contributed by atoms with van der Waals surface area (Å²) in [5, 5.41) is 13.3. The van der Waals surface area contributed by atoms with Crippen LogP contribution in [0.1, 0.15) is 27.6 Å². The predicted octanol–water partition coefficient (Wildman–Crippen LogP) is 2.78. The van der Waals surface area contributed by atoms with Crippen molar-refractivity contribution in [3.05, 3.63) is 57.6 Å². The maximum absolute atomic E-state index is 12.3.